The van der Waals surface area contributed by atoms with Crippen LogP contribution in [0.15, 0.2) is 27.7 Å². The van der Waals surface area contributed by atoms with Crippen molar-refractivity contribution in [3.63, 3.8) is 0 Å². The quantitative estimate of drug-likeness (QED) is 0.792. The average Bonchev–Trinajstić information content (AvgIpc) is 2.18. The van der Waals surface area contributed by atoms with E-state index in [0.717, 1.165) is 0 Å². The van der Waals surface area contributed by atoms with E-state index < -0.39 is 15.7 Å². The van der Waals surface area contributed by atoms with Crippen LogP contribution < -0.4 is 0 Å². The summed E-state index contributed by atoms with van der Waals surface area (Å²) in [5, 5.41) is 8.84. The number of rotatable bonds is 2. The predicted octanol–water partition coefficient (Wildman–Crippen LogP) is 0.866. The van der Waals surface area contributed by atoms with E-state index in [0.29, 0.717) is 0 Å². The minimum Gasteiger partial charge on any atom is -0.478 e. The van der Waals surface area contributed by atoms with Crippen LogP contribution in [0.25, 0.3) is 0 Å². The maximum atomic E-state index is 11.8. The summed E-state index contributed by atoms with van der Waals surface area (Å²) < 4.78 is 15.4. The fourth-order valence-corrected chi connectivity index (χ4v) is 1.93. The lowest BCUT2D eigenvalue weighted by molar-refractivity contribution is 0.0692. The third-order valence-corrected chi connectivity index (χ3v) is 3.45. The van der Waals surface area contributed by atoms with Gasteiger partial charge in [-0.2, -0.15) is 0 Å². The van der Waals surface area contributed by atoms with Crippen LogP contribution in [0, 0.1) is 0 Å². The molecule has 1 unspecified atom stereocenters. The highest BCUT2D eigenvalue weighted by Gasteiger charge is 2.16. The zero-order valence-corrected chi connectivity index (χ0v) is 8.61. The first kappa shape index (κ1) is 10.6. The van der Waals surface area contributed by atoms with E-state index in [-0.39, 0.29) is 10.6 Å². The van der Waals surface area contributed by atoms with Crippen LogP contribution >= 0.6 is 0 Å². The monoisotopic (exact) mass is 214 g/mol. The Kier molecular flexibility index (Phi) is 2.85. The molecule has 1 rings (SSSR count). The molecule has 1 aromatic heterocycles. The van der Waals surface area contributed by atoms with Gasteiger partial charge in [-0.15, -0.1) is 0 Å². The lowest BCUT2D eigenvalue weighted by Gasteiger charge is -2.04. The summed E-state index contributed by atoms with van der Waals surface area (Å²) in [6.45, 7) is 0. The van der Waals surface area contributed by atoms with Gasteiger partial charge in [0.2, 0.25) is 0 Å². The number of hydrogen-bond donors (Lipinski definition) is 1. The SMILES string of the molecule is CN=S(C)(=O)c1ncccc1C(=O)O. The minimum atomic E-state index is -2.69. The van der Waals surface area contributed by atoms with Gasteiger partial charge in [0.15, 0.2) is 0 Å². The van der Waals surface area contributed by atoms with Gasteiger partial charge in [0.25, 0.3) is 0 Å². The number of aromatic nitrogens is 1. The zero-order valence-electron chi connectivity index (χ0n) is 7.80. The Bertz CT molecular complexity index is 475. The second-order valence-electron chi connectivity index (χ2n) is 2.65. The molecule has 1 heterocycles. The van der Waals surface area contributed by atoms with E-state index in [1.807, 2.05) is 0 Å². The van der Waals surface area contributed by atoms with Gasteiger partial charge in [0.05, 0.1) is 15.3 Å². The minimum absolute atomic E-state index is 0.0231. The summed E-state index contributed by atoms with van der Waals surface area (Å²) in [5.41, 5.74) is -0.0643. The summed E-state index contributed by atoms with van der Waals surface area (Å²) in [7, 11) is -1.31. The van der Waals surface area contributed by atoms with Gasteiger partial charge in [-0.1, -0.05) is 0 Å². The zero-order chi connectivity index (χ0) is 10.8. The molecule has 0 spiro atoms. The van der Waals surface area contributed by atoms with Crippen LogP contribution in [0.1, 0.15) is 10.4 Å². The molecule has 76 valence electrons. The smallest absolute Gasteiger partial charge is 0.338 e. The molecule has 14 heavy (non-hydrogen) atoms. The largest absolute Gasteiger partial charge is 0.478 e. The van der Waals surface area contributed by atoms with Gasteiger partial charge in [0, 0.05) is 19.5 Å². The first-order valence-electron chi connectivity index (χ1n) is 3.77. The van der Waals surface area contributed by atoms with Gasteiger partial charge in [-0.25, -0.2) is 18.4 Å². The molecular weight excluding hydrogens is 204 g/mol. The Morgan fingerprint density at radius 2 is 2.29 bits per heavy atom. The molecule has 0 saturated carbocycles. The van der Waals surface area contributed by atoms with E-state index in [9.17, 15) is 9.00 Å². The van der Waals surface area contributed by atoms with E-state index in [2.05, 4.69) is 9.35 Å². The molecule has 0 radical (unpaired) electrons. The lowest BCUT2D eigenvalue weighted by Crippen LogP contribution is -2.09. The van der Waals surface area contributed by atoms with Crippen molar-refractivity contribution in [3.8, 4) is 0 Å². The summed E-state index contributed by atoms with van der Waals surface area (Å²) in [5.74, 6) is -1.15. The highest BCUT2D eigenvalue weighted by molar-refractivity contribution is 7.92. The van der Waals surface area contributed by atoms with Gasteiger partial charge in [0.1, 0.15) is 5.03 Å². The second kappa shape index (κ2) is 3.75. The topological polar surface area (TPSA) is 79.6 Å². The fourth-order valence-electron chi connectivity index (χ4n) is 0.942. The third kappa shape index (κ3) is 1.90. The van der Waals surface area contributed by atoms with Crippen LogP contribution in [-0.4, -0.2) is 33.6 Å². The van der Waals surface area contributed by atoms with Crippen molar-refractivity contribution in [2.75, 3.05) is 13.3 Å². The van der Waals surface area contributed by atoms with Crippen molar-refractivity contribution in [2.45, 2.75) is 5.03 Å². The molecule has 0 aliphatic rings. The number of carboxylic acids is 1. The Morgan fingerprint density at radius 1 is 1.64 bits per heavy atom. The lowest BCUT2D eigenvalue weighted by atomic mass is 10.3. The molecule has 0 bridgehead atoms. The third-order valence-electron chi connectivity index (χ3n) is 1.71. The molecule has 0 amide bonds. The van der Waals surface area contributed by atoms with Crippen LogP contribution in [0.3, 0.4) is 0 Å². The highest BCUT2D eigenvalue weighted by Crippen LogP contribution is 2.13. The van der Waals surface area contributed by atoms with E-state index >= 15 is 0 Å². The van der Waals surface area contributed by atoms with E-state index in [1.165, 1.54) is 31.6 Å². The molecule has 0 aliphatic carbocycles. The molecule has 0 aliphatic heterocycles. The molecule has 1 atom stereocenters. The van der Waals surface area contributed by atoms with Crippen LogP contribution in [-0.2, 0) is 9.73 Å². The van der Waals surface area contributed by atoms with Crippen molar-refractivity contribution < 1.29 is 14.1 Å². The molecule has 0 aromatic carbocycles. The van der Waals surface area contributed by atoms with Crippen LogP contribution in [0.2, 0.25) is 0 Å². The highest BCUT2D eigenvalue weighted by atomic mass is 32.2. The molecule has 6 heteroatoms. The van der Waals surface area contributed by atoms with Gasteiger partial charge in [-0.05, 0) is 12.1 Å². The molecule has 1 N–H and O–H groups in total. The first-order valence-corrected chi connectivity index (χ1v) is 5.70. The summed E-state index contributed by atoms with van der Waals surface area (Å²) >= 11 is 0. The number of pyridine rings is 1. The van der Waals surface area contributed by atoms with Crippen molar-refractivity contribution >= 4 is 15.7 Å². The van der Waals surface area contributed by atoms with Crippen molar-refractivity contribution in [1.82, 2.24) is 4.98 Å². The number of carbonyl (C=O) groups is 1. The molecule has 5 nitrogen and oxygen atoms in total. The normalized spacial score (nSPS) is 14.4. The second-order valence-corrected chi connectivity index (χ2v) is 5.00. The molecule has 0 saturated heterocycles. The summed E-state index contributed by atoms with van der Waals surface area (Å²) in [4.78, 5) is 14.6. The molecular formula is C8H10N2O3S. The maximum absolute atomic E-state index is 11.8. The maximum Gasteiger partial charge on any atom is 0.338 e. The molecule has 1 aromatic rings. The van der Waals surface area contributed by atoms with Crippen molar-refractivity contribution in [1.29, 1.82) is 0 Å². The Morgan fingerprint density at radius 3 is 2.79 bits per heavy atom. The Hall–Kier alpha value is -1.43. The van der Waals surface area contributed by atoms with Gasteiger partial charge < -0.3 is 5.11 Å². The molecule has 0 fully saturated rings. The number of nitrogens with zero attached hydrogens (tertiary/aromatic N) is 2. The van der Waals surface area contributed by atoms with Crippen molar-refractivity contribution in [2.24, 2.45) is 4.36 Å². The van der Waals surface area contributed by atoms with E-state index in [1.54, 1.807) is 0 Å². The fraction of sp³-hybridized carbons (Fsp3) is 0.250. The van der Waals surface area contributed by atoms with Gasteiger partial charge >= 0.3 is 5.97 Å². The number of aromatic carboxylic acids is 1. The van der Waals surface area contributed by atoms with E-state index in [4.69, 9.17) is 5.11 Å². The van der Waals surface area contributed by atoms with Crippen molar-refractivity contribution in [3.05, 3.63) is 23.9 Å². The van der Waals surface area contributed by atoms with Crippen LogP contribution in [0.4, 0.5) is 0 Å². The number of carboxylic acid groups (broad SMARTS) is 1. The predicted molar refractivity (Wildman–Crippen MR) is 51.9 cm³/mol. The Balaban J connectivity index is 3.51. The van der Waals surface area contributed by atoms with Gasteiger partial charge in [-0.3, -0.25) is 0 Å². The number of hydrogen-bond acceptors (Lipinski definition) is 4. The summed E-state index contributed by atoms with van der Waals surface area (Å²) in [6, 6.07) is 2.84. The first-order chi connectivity index (χ1) is 6.49. The summed E-state index contributed by atoms with van der Waals surface area (Å²) in [6.07, 6.45) is 2.76. The van der Waals surface area contributed by atoms with Crippen LogP contribution in [0.5, 0.6) is 0 Å². The average molecular weight is 214 g/mol. The standard InChI is InChI=1S/C8H10N2O3S/c1-9-14(2,13)7-6(8(11)12)4-3-5-10-7/h3-5H,1-2H3,(H,11,12). The Labute approximate surface area is 82.0 Å².